The van der Waals surface area contributed by atoms with Gasteiger partial charge in [-0.25, -0.2) is 0 Å². The number of rotatable bonds is 6. The molecule has 122 valence electrons. The number of anilines is 1. The predicted molar refractivity (Wildman–Crippen MR) is 94.1 cm³/mol. The lowest BCUT2D eigenvalue weighted by Gasteiger charge is -2.24. The van der Waals surface area contributed by atoms with Crippen molar-refractivity contribution < 1.29 is 9.53 Å². The van der Waals surface area contributed by atoms with Gasteiger partial charge >= 0.3 is 0 Å². The van der Waals surface area contributed by atoms with Crippen LogP contribution in [0.2, 0.25) is 0 Å². The molecule has 0 aliphatic carbocycles. The van der Waals surface area contributed by atoms with Gasteiger partial charge in [-0.1, -0.05) is 18.2 Å². The van der Waals surface area contributed by atoms with Gasteiger partial charge in [0.25, 0.3) is 0 Å². The van der Waals surface area contributed by atoms with Gasteiger partial charge in [0.15, 0.2) is 0 Å². The minimum atomic E-state index is 0.146. The van der Waals surface area contributed by atoms with Crippen LogP contribution in [0.3, 0.4) is 0 Å². The fourth-order valence-corrected chi connectivity index (χ4v) is 3.88. The Kier molecular flexibility index (Phi) is 5.18. The molecule has 0 radical (unpaired) electrons. The van der Waals surface area contributed by atoms with E-state index in [1.807, 2.05) is 36.1 Å². The van der Waals surface area contributed by atoms with Crippen LogP contribution < -0.4 is 10.1 Å². The Morgan fingerprint density at radius 1 is 1.35 bits per heavy atom. The number of amides is 1. The topological polar surface area (TPSA) is 41.6 Å². The molecule has 1 amide bonds. The number of hydrogen-bond acceptors (Lipinski definition) is 4. The number of thiophene rings is 1. The highest BCUT2D eigenvalue weighted by molar-refractivity contribution is 7.10. The van der Waals surface area contributed by atoms with Crippen LogP contribution in [0, 0.1) is 0 Å². The zero-order valence-corrected chi connectivity index (χ0v) is 14.1. The first-order valence-corrected chi connectivity index (χ1v) is 8.96. The molecule has 1 N–H and O–H groups in total. The number of benzene rings is 1. The molecule has 2 aromatic rings. The van der Waals surface area contributed by atoms with E-state index in [0.717, 1.165) is 30.8 Å². The zero-order valence-electron chi connectivity index (χ0n) is 13.3. The predicted octanol–water partition coefficient (Wildman–Crippen LogP) is 3.92. The third kappa shape index (κ3) is 3.67. The van der Waals surface area contributed by atoms with Crippen LogP contribution in [0.4, 0.5) is 5.69 Å². The summed E-state index contributed by atoms with van der Waals surface area (Å²) in [5, 5.41) is 5.30. The van der Waals surface area contributed by atoms with Gasteiger partial charge in [0.1, 0.15) is 5.75 Å². The number of nitrogens with one attached hydrogen (secondary N) is 1. The van der Waals surface area contributed by atoms with Crippen molar-refractivity contribution >= 4 is 22.9 Å². The van der Waals surface area contributed by atoms with Crippen LogP contribution in [0.25, 0.3) is 0 Å². The summed E-state index contributed by atoms with van der Waals surface area (Å²) < 4.78 is 5.59. The molecule has 5 heteroatoms. The van der Waals surface area contributed by atoms with Crippen molar-refractivity contribution in [3.05, 3.63) is 46.7 Å². The average Bonchev–Trinajstić information content (AvgIpc) is 3.24. The van der Waals surface area contributed by atoms with Crippen molar-refractivity contribution in [2.24, 2.45) is 0 Å². The van der Waals surface area contributed by atoms with Crippen LogP contribution in [-0.4, -0.2) is 30.5 Å². The molecule has 0 saturated carbocycles. The van der Waals surface area contributed by atoms with Crippen LogP contribution >= 0.6 is 11.3 Å². The van der Waals surface area contributed by atoms with Gasteiger partial charge in [0.05, 0.1) is 24.9 Å². The van der Waals surface area contributed by atoms with E-state index in [1.54, 1.807) is 11.3 Å². The number of ether oxygens (including phenoxy) is 1. The first kappa shape index (κ1) is 15.9. The van der Waals surface area contributed by atoms with E-state index in [2.05, 4.69) is 22.8 Å². The number of para-hydroxylation sites is 2. The molecule has 1 unspecified atom stereocenters. The van der Waals surface area contributed by atoms with Gasteiger partial charge in [-0.3, -0.25) is 4.79 Å². The summed E-state index contributed by atoms with van der Waals surface area (Å²) >= 11 is 1.73. The molecule has 23 heavy (non-hydrogen) atoms. The molecule has 2 heterocycles. The van der Waals surface area contributed by atoms with E-state index >= 15 is 0 Å². The van der Waals surface area contributed by atoms with Gasteiger partial charge in [0, 0.05) is 11.4 Å². The second kappa shape index (κ2) is 7.51. The number of carbonyl (C=O) groups excluding carboxylic acids is 1. The molecule has 4 nitrogen and oxygen atoms in total. The first-order chi connectivity index (χ1) is 11.3. The second-order valence-electron chi connectivity index (χ2n) is 5.54. The Hall–Kier alpha value is -2.01. The molecule has 1 atom stereocenters. The molecular formula is C18H22N2O2S. The highest BCUT2D eigenvalue weighted by Crippen LogP contribution is 2.34. The maximum atomic E-state index is 12.6. The van der Waals surface area contributed by atoms with Crippen molar-refractivity contribution in [2.45, 2.75) is 25.8 Å². The Balaban J connectivity index is 1.63. The number of likely N-dealkylation sites (tertiary alicyclic amines) is 1. The standard InChI is InChI=1S/C18H22N2O2S/c1-2-22-16-9-4-3-7-14(16)19-13-18(21)20-11-5-8-15(20)17-10-6-12-23-17/h3-4,6-7,9-10,12,15,19H,2,5,8,11,13H2,1H3. The monoisotopic (exact) mass is 330 g/mol. The number of hydrogen-bond donors (Lipinski definition) is 1. The fraction of sp³-hybridized carbons (Fsp3) is 0.389. The zero-order chi connectivity index (χ0) is 16.1. The second-order valence-corrected chi connectivity index (χ2v) is 6.52. The van der Waals surface area contributed by atoms with Gasteiger partial charge < -0.3 is 15.0 Å². The van der Waals surface area contributed by atoms with Gasteiger partial charge in [-0.2, -0.15) is 0 Å². The number of carbonyl (C=O) groups is 1. The summed E-state index contributed by atoms with van der Waals surface area (Å²) in [6, 6.07) is 12.2. The number of nitrogens with zero attached hydrogens (tertiary/aromatic N) is 1. The van der Waals surface area contributed by atoms with E-state index in [9.17, 15) is 4.79 Å². The quantitative estimate of drug-likeness (QED) is 0.873. The SMILES string of the molecule is CCOc1ccccc1NCC(=O)N1CCCC1c1cccs1. The first-order valence-electron chi connectivity index (χ1n) is 8.08. The molecule has 1 saturated heterocycles. The van der Waals surface area contributed by atoms with E-state index < -0.39 is 0 Å². The molecule has 1 fully saturated rings. The Morgan fingerprint density at radius 3 is 3.00 bits per heavy atom. The summed E-state index contributed by atoms with van der Waals surface area (Å²) in [6.07, 6.45) is 2.13. The molecule has 3 rings (SSSR count). The van der Waals surface area contributed by atoms with Crippen molar-refractivity contribution in [3.63, 3.8) is 0 Å². The molecular weight excluding hydrogens is 308 g/mol. The highest BCUT2D eigenvalue weighted by atomic mass is 32.1. The smallest absolute Gasteiger partial charge is 0.242 e. The maximum Gasteiger partial charge on any atom is 0.242 e. The largest absolute Gasteiger partial charge is 0.492 e. The van der Waals surface area contributed by atoms with Crippen LogP contribution in [0.5, 0.6) is 5.75 Å². The Bertz CT molecular complexity index is 642. The van der Waals surface area contributed by atoms with Crippen molar-refractivity contribution in [1.29, 1.82) is 0 Å². The van der Waals surface area contributed by atoms with Crippen LogP contribution in [-0.2, 0) is 4.79 Å². The van der Waals surface area contributed by atoms with E-state index in [0.29, 0.717) is 13.2 Å². The highest BCUT2D eigenvalue weighted by Gasteiger charge is 2.30. The van der Waals surface area contributed by atoms with Crippen molar-refractivity contribution in [1.82, 2.24) is 4.90 Å². The third-order valence-corrected chi connectivity index (χ3v) is 5.04. The van der Waals surface area contributed by atoms with Gasteiger partial charge in [0.2, 0.25) is 5.91 Å². The summed E-state index contributed by atoms with van der Waals surface area (Å²) in [4.78, 5) is 15.9. The van der Waals surface area contributed by atoms with E-state index in [4.69, 9.17) is 4.74 Å². The third-order valence-electron chi connectivity index (χ3n) is 4.06. The normalized spacial score (nSPS) is 17.3. The Labute approximate surface area is 141 Å². The summed E-state index contributed by atoms with van der Waals surface area (Å²) in [6.45, 7) is 3.71. The Morgan fingerprint density at radius 2 is 2.22 bits per heavy atom. The lowest BCUT2D eigenvalue weighted by molar-refractivity contribution is -0.130. The summed E-state index contributed by atoms with van der Waals surface area (Å²) in [5.74, 6) is 0.936. The average molecular weight is 330 g/mol. The molecule has 0 bridgehead atoms. The molecule has 1 aliphatic heterocycles. The van der Waals surface area contributed by atoms with Crippen LogP contribution in [0.1, 0.15) is 30.7 Å². The molecule has 0 spiro atoms. The van der Waals surface area contributed by atoms with E-state index in [1.165, 1.54) is 4.88 Å². The maximum absolute atomic E-state index is 12.6. The van der Waals surface area contributed by atoms with Crippen molar-refractivity contribution in [3.8, 4) is 5.75 Å². The summed E-state index contributed by atoms with van der Waals surface area (Å²) in [7, 11) is 0. The van der Waals surface area contributed by atoms with E-state index in [-0.39, 0.29) is 11.9 Å². The van der Waals surface area contributed by atoms with Crippen LogP contribution in [0.15, 0.2) is 41.8 Å². The minimum absolute atomic E-state index is 0.146. The van der Waals surface area contributed by atoms with Gasteiger partial charge in [-0.15, -0.1) is 11.3 Å². The minimum Gasteiger partial charge on any atom is -0.492 e. The lowest BCUT2D eigenvalue weighted by Crippen LogP contribution is -2.34. The molecule has 1 aromatic heterocycles. The van der Waals surface area contributed by atoms with Gasteiger partial charge in [-0.05, 0) is 43.3 Å². The summed E-state index contributed by atoms with van der Waals surface area (Å²) in [5.41, 5.74) is 0.870. The fourth-order valence-electron chi connectivity index (χ4n) is 3.01. The van der Waals surface area contributed by atoms with Crippen molar-refractivity contribution in [2.75, 3.05) is 25.0 Å². The molecule has 1 aromatic carbocycles. The molecule has 1 aliphatic rings. The lowest BCUT2D eigenvalue weighted by atomic mass is 10.2.